The van der Waals surface area contributed by atoms with E-state index in [0.29, 0.717) is 17.7 Å². The number of esters is 1. The molecule has 0 spiro atoms. The second-order valence-corrected chi connectivity index (χ2v) is 5.71. The summed E-state index contributed by atoms with van der Waals surface area (Å²) in [6, 6.07) is 6.70. The molecule has 0 bridgehead atoms. The van der Waals surface area contributed by atoms with Gasteiger partial charge < -0.3 is 13.8 Å². The number of rotatable bonds is 8. The molecule has 0 saturated heterocycles. The first-order valence-electron chi connectivity index (χ1n) is 7.19. The van der Waals surface area contributed by atoms with Gasteiger partial charge in [-0.15, -0.1) is 0 Å². The molecule has 1 aromatic carbocycles. The fraction of sp³-hybridized carbons (Fsp3) is 0.400. The van der Waals surface area contributed by atoms with Crippen molar-refractivity contribution in [2.45, 2.75) is 26.2 Å². The maximum atomic E-state index is 11.7. The Hall–Kier alpha value is -1.98. The van der Waals surface area contributed by atoms with Crippen molar-refractivity contribution in [1.82, 2.24) is 0 Å². The average molecular weight is 340 g/mol. The summed E-state index contributed by atoms with van der Waals surface area (Å²) in [6.07, 6.45) is 0.644. The van der Waals surface area contributed by atoms with Gasteiger partial charge in [0.25, 0.3) is 0 Å². The van der Waals surface area contributed by atoms with Crippen LogP contribution in [-0.4, -0.2) is 30.9 Å². The van der Waals surface area contributed by atoms with E-state index in [2.05, 4.69) is 0 Å². The third-order valence-electron chi connectivity index (χ3n) is 2.98. The van der Waals surface area contributed by atoms with E-state index in [1.165, 1.54) is 0 Å². The van der Waals surface area contributed by atoms with Gasteiger partial charge in [-0.2, -0.15) is 0 Å². The van der Waals surface area contributed by atoms with E-state index >= 15 is 0 Å². The fourth-order valence-electron chi connectivity index (χ4n) is 1.74. The van der Waals surface area contributed by atoms with Gasteiger partial charge in [0.05, 0.1) is 13.0 Å². The van der Waals surface area contributed by atoms with Crippen molar-refractivity contribution >= 4 is 26.3 Å². The maximum Gasteiger partial charge on any atom is 0.465 e. The van der Waals surface area contributed by atoms with Crippen molar-refractivity contribution in [2.75, 3.05) is 13.2 Å². The van der Waals surface area contributed by atoms with Crippen LogP contribution < -0.4 is 4.52 Å². The summed E-state index contributed by atoms with van der Waals surface area (Å²) in [5.74, 6) is -0.545. The first-order chi connectivity index (χ1) is 11.1. The summed E-state index contributed by atoms with van der Waals surface area (Å²) in [6.45, 7) is 1.78. The number of ketones is 1. The van der Waals surface area contributed by atoms with Gasteiger partial charge >= 0.3 is 20.5 Å². The van der Waals surface area contributed by atoms with E-state index in [1.54, 1.807) is 31.2 Å². The van der Waals surface area contributed by atoms with Crippen LogP contribution in [0.2, 0.25) is 0 Å². The molecule has 0 fully saturated rings. The number of benzene rings is 1. The molecule has 7 nitrogen and oxygen atoms in total. The van der Waals surface area contributed by atoms with Gasteiger partial charge in [-0.25, -0.2) is 4.79 Å². The van der Waals surface area contributed by atoms with Gasteiger partial charge in [0.2, 0.25) is 0 Å². The highest BCUT2D eigenvalue weighted by molar-refractivity contribution is 7.43. The lowest BCUT2D eigenvalue weighted by atomic mass is 10.2. The highest BCUT2D eigenvalue weighted by Gasteiger charge is 2.30. The van der Waals surface area contributed by atoms with E-state index in [-0.39, 0.29) is 31.8 Å². The minimum Gasteiger partial charge on any atom is -0.463 e. The Labute approximate surface area is 134 Å². The minimum absolute atomic E-state index is 0.000535. The predicted octanol–water partition coefficient (Wildman–Crippen LogP) is 2.78. The van der Waals surface area contributed by atoms with Crippen molar-refractivity contribution in [2.24, 2.45) is 0 Å². The third-order valence-corrected chi connectivity index (χ3v) is 4.04. The monoisotopic (exact) mass is 340 g/mol. The van der Waals surface area contributed by atoms with Crippen LogP contribution in [0, 0.1) is 0 Å². The van der Waals surface area contributed by atoms with Crippen LogP contribution in [0.3, 0.4) is 0 Å². The summed E-state index contributed by atoms with van der Waals surface area (Å²) in [7, 11) is -1.84. The summed E-state index contributed by atoms with van der Waals surface area (Å²) < 4.78 is 20.6. The van der Waals surface area contributed by atoms with Crippen molar-refractivity contribution in [3.63, 3.8) is 0 Å². The SMILES string of the molecule is CCC(=O)CCC(=O)OCCOP1OC(=O)c2ccccc2O1. The van der Waals surface area contributed by atoms with Crippen molar-refractivity contribution < 1.29 is 32.7 Å². The summed E-state index contributed by atoms with van der Waals surface area (Å²) in [5.41, 5.74) is 0.349. The zero-order valence-electron chi connectivity index (χ0n) is 12.6. The molecule has 1 aliphatic heterocycles. The molecule has 0 N–H and O–H groups in total. The normalized spacial score (nSPS) is 16.0. The number of Topliss-reactive ketones (excluding diaryl/α,β-unsaturated/α-hetero) is 1. The lowest BCUT2D eigenvalue weighted by Crippen LogP contribution is -2.15. The minimum atomic E-state index is -1.84. The van der Waals surface area contributed by atoms with E-state index in [4.69, 9.17) is 18.3 Å². The molecule has 0 amide bonds. The zero-order valence-corrected chi connectivity index (χ0v) is 13.5. The molecule has 1 unspecified atom stereocenters. The molecule has 1 heterocycles. The molecule has 0 saturated carbocycles. The van der Waals surface area contributed by atoms with Crippen molar-refractivity contribution in [3.05, 3.63) is 29.8 Å². The van der Waals surface area contributed by atoms with E-state index in [9.17, 15) is 14.4 Å². The number of hydrogen-bond donors (Lipinski definition) is 0. The number of para-hydroxylation sites is 1. The Morgan fingerprint density at radius 3 is 2.70 bits per heavy atom. The molecule has 23 heavy (non-hydrogen) atoms. The number of fused-ring (bicyclic) bond motifs is 1. The molecule has 2 rings (SSSR count). The Kier molecular flexibility index (Phi) is 6.50. The highest BCUT2D eigenvalue weighted by Crippen LogP contribution is 2.46. The smallest absolute Gasteiger partial charge is 0.463 e. The molecular formula is C15H17O7P. The summed E-state index contributed by atoms with van der Waals surface area (Å²) in [5, 5.41) is 0. The topological polar surface area (TPSA) is 88.1 Å². The number of hydrogen-bond acceptors (Lipinski definition) is 7. The van der Waals surface area contributed by atoms with Gasteiger partial charge in [0, 0.05) is 12.8 Å². The van der Waals surface area contributed by atoms with Crippen LogP contribution in [0.5, 0.6) is 5.75 Å². The molecule has 0 radical (unpaired) electrons. The standard InChI is InChI=1S/C15H17O7P/c1-2-11(16)7-8-14(17)19-9-10-20-23-21-13-6-4-3-5-12(13)15(18)22-23/h3-6H,2,7-10H2,1H3. The zero-order chi connectivity index (χ0) is 16.7. The third kappa shape index (κ3) is 5.30. The molecule has 1 aromatic rings. The van der Waals surface area contributed by atoms with Crippen LogP contribution in [0.4, 0.5) is 0 Å². The molecular weight excluding hydrogens is 323 g/mol. The van der Waals surface area contributed by atoms with Crippen LogP contribution in [-0.2, 0) is 23.4 Å². The molecule has 1 aliphatic rings. The van der Waals surface area contributed by atoms with Crippen molar-refractivity contribution in [1.29, 1.82) is 0 Å². The lowest BCUT2D eigenvalue weighted by molar-refractivity contribution is -0.145. The number of carbonyl (C=O) groups is 3. The van der Waals surface area contributed by atoms with Gasteiger partial charge in [-0.3, -0.25) is 14.1 Å². The van der Waals surface area contributed by atoms with Crippen LogP contribution in [0.25, 0.3) is 0 Å². The van der Waals surface area contributed by atoms with Gasteiger partial charge in [0.1, 0.15) is 23.7 Å². The van der Waals surface area contributed by atoms with Gasteiger partial charge in [-0.1, -0.05) is 19.1 Å². The van der Waals surface area contributed by atoms with E-state index < -0.39 is 20.5 Å². The van der Waals surface area contributed by atoms with Crippen molar-refractivity contribution in [3.8, 4) is 5.75 Å². The Morgan fingerprint density at radius 1 is 1.13 bits per heavy atom. The van der Waals surface area contributed by atoms with E-state index in [1.807, 2.05) is 0 Å². The first kappa shape index (κ1) is 17.4. The second kappa shape index (κ2) is 8.60. The van der Waals surface area contributed by atoms with Crippen LogP contribution in [0.15, 0.2) is 24.3 Å². The largest absolute Gasteiger partial charge is 0.465 e. The summed E-state index contributed by atoms with van der Waals surface area (Å²) in [4.78, 5) is 34.2. The molecule has 124 valence electrons. The highest BCUT2D eigenvalue weighted by atomic mass is 31.2. The Balaban J connectivity index is 1.67. The average Bonchev–Trinajstić information content (AvgIpc) is 2.56. The molecule has 8 heteroatoms. The van der Waals surface area contributed by atoms with E-state index in [0.717, 1.165) is 0 Å². The lowest BCUT2D eigenvalue weighted by Gasteiger charge is -2.22. The molecule has 0 aliphatic carbocycles. The number of carbonyl (C=O) groups excluding carboxylic acids is 3. The summed E-state index contributed by atoms with van der Waals surface area (Å²) >= 11 is 0. The molecule has 1 atom stereocenters. The van der Waals surface area contributed by atoms with Gasteiger partial charge in [0.15, 0.2) is 0 Å². The van der Waals surface area contributed by atoms with Gasteiger partial charge in [-0.05, 0) is 12.1 Å². The first-order valence-corrected chi connectivity index (χ1v) is 8.29. The van der Waals surface area contributed by atoms with Crippen LogP contribution >= 0.6 is 8.60 Å². The Morgan fingerprint density at radius 2 is 1.91 bits per heavy atom. The maximum absolute atomic E-state index is 11.7. The quantitative estimate of drug-likeness (QED) is 0.408. The fourth-order valence-corrected chi connectivity index (χ4v) is 2.66. The Bertz CT molecular complexity index is 587. The molecule has 0 aromatic heterocycles. The second-order valence-electron chi connectivity index (χ2n) is 4.64. The number of ether oxygens (including phenoxy) is 1. The van der Waals surface area contributed by atoms with Crippen LogP contribution in [0.1, 0.15) is 36.5 Å². The predicted molar refractivity (Wildman–Crippen MR) is 80.8 cm³/mol.